The number of para-hydroxylation sites is 2. The topological polar surface area (TPSA) is 32.6 Å². The minimum absolute atomic E-state index is 0.0232. The van der Waals surface area contributed by atoms with E-state index in [1.807, 2.05) is 0 Å². The van der Waals surface area contributed by atoms with E-state index in [2.05, 4.69) is 4.99 Å². The summed E-state index contributed by atoms with van der Waals surface area (Å²) < 4.78 is 55.6. The summed E-state index contributed by atoms with van der Waals surface area (Å²) in [4.78, 5) is 3.67. The molecule has 22 heavy (non-hydrogen) atoms. The number of hydrogen-bond acceptors (Lipinski definition) is 2. The maximum absolute atomic E-state index is 13.9. The minimum atomic E-state index is -1.51. The highest BCUT2D eigenvalue weighted by atomic mass is 19.2. The molecule has 0 saturated carbocycles. The third-order valence-electron chi connectivity index (χ3n) is 3.12. The van der Waals surface area contributed by atoms with Crippen LogP contribution in [0.4, 0.5) is 23.2 Å². The van der Waals surface area contributed by atoms with E-state index in [-0.39, 0.29) is 11.4 Å². The van der Waals surface area contributed by atoms with Crippen LogP contribution in [-0.4, -0.2) is 11.3 Å². The summed E-state index contributed by atoms with van der Waals surface area (Å²) in [5, 5.41) is 9.50. The van der Waals surface area contributed by atoms with Crippen molar-refractivity contribution in [2.45, 2.75) is 19.8 Å². The average molecular weight is 311 g/mol. The molecule has 2 rings (SSSR count). The molecule has 0 saturated heterocycles. The first kappa shape index (κ1) is 16.0. The number of phenolic OH excluding ortho intramolecular Hbond substituents is 1. The quantitative estimate of drug-likeness (QED) is 0.492. The molecule has 0 aromatic heterocycles. The largest absolute Gasteiger partial charge is 0.506 e. The van der Waals surface area contributed by atoms with Crippen molar-refractivity contribution in [3.8, 4) is 5.75 Å². The molecular formula is C16H13F4NO. The Bertz CT molecular complexity index is 712. The number of rotatable bonds is 3. The average Bonchev–Trinajstić information content (AvgIpc) is 2.47. The standard InChI is InChI=1S/C16H13F4NO/c1-8(2)12-15(19)13(17)9(14(18)16(12)20)7-21-10-5-3-4-6-11(10)22/h3-8,22H,1-2H3/b21-7+. The van der Waals surface area contributed by atoms with Gasteiger partial charge in [-0.1, -0.05) is 26.0 Å². The smallest absolute Gasteiger partial charge is 0.171 e. The zero-order chi connectivity index (χ0) is 16.4. The first-order valence-corrected chi connectivity index (χ1v) is 6.52. The molecular weight excluding hydrogens is 298 g/mol. The van der Waals surface area contributed by atoms with Crippen LogP contribution in [0.25, 0.3) is 0 Å². The van der Waals surface area contributed by atoms with Gasteiger partial charge in [-0.3, -0.25) is 4.99 Å². The number of benzene rings is 2. The predicted molar refractivity (Wildman–Crippen MR) is 75.7 cm³/mol. The second kappa shape index (κ2) is 6.17. The summed E-state index contributed by atoms with van der Waals surface area (Å²) in [6.45, 7) is 2.85. The first-order valence-electron chi connectivity index (χ1n) is 6.52. The van der Waals surface area contributed by atoms with Gasteiger partial charge in [0, 0.05) is 11.8 Å². The highest BCUT2D eigenvalue weighted by Gasteiger charge is 2.25. The Morgan fingerprint density at radius 2 is 1.50 bits per heavy atom. The number of hydrogen-bond donors (Lipinski definition) is 1. The molecule has 0 spiro atoms. The van der Waals surface area contributed by atoms with Crippen LogP contribution in [0.2, 0.25) is 0 Å². The van der Waals surface area contributed by atoms with Crippen LogP contribution in [0, 0.1) is 23.3 Å². The highest BCUT2D eigenvalue weighted by Crippen LogP contribution is 2.30. The molecule has 2 aromatic rings. The molecule has 0 unspecified atom stereocenters. The maximum Gasteiger partial charge on any atom is 0.171 e. The lowest BCUT2D eigenvalue weighted by Gasteiger charge is -2.12. The zero-order valence-corrected chi connectivity index (χ0v) is 11.9. The van der Waals surface area contributed by atoms with Crippen LogP contribution < -0.4 is 0 Å². The van der Waals surface area contributed by atoms with Crippen molar-refractivity contribution in [1.29, 1.82) is 0 Å². The molecule has 0 atom stereocenters. The summed E-state index contributed by atoms with van der Waals surface area (Å²) >= 11 is 0. The lowest BCUT2D eigenvalue weighted by Crippen LogP contribution is -2.09. The van der Waals surface area contributed by atoms with Crippen LogP contribution in [-0.2, 0) is 0 Å². The van der Waals surface area contributed by atoms with Crippen molar-refractivity contribution in [2.24, 2.45) is 4.99 Å². The van der Waals surface area contributed by atoms with Crippen molar-refractivity contribution in [3.05, 3.63) is 58.7 Å². The summed E-state index contributed by atoms with van der Waals surface area (Å²) in [6.07, 6.45) is 0.649. The molecule has 116 valence electrons. The first-order chi connectivity index (χ1) is 10.3. The number of halogens is 4. The second-order valence-corrected chi connectivity index (χ2v) is 4.98. The van der Waals surface area contributed by atoms with E-state index >= 15 is 0 Å². The Kier molecular flexibility index (Phi) is 4.49. The lowest BCUT2D eigenvalue weighted by atomic mass is 9.99. The van der Waals surface area contributed by atoms with Gasteiger partial charge in [0.1, 0.15) is 11.4 Å². The van der Waals surface area contributed by atoms with Gasteiger partial charge < -0.3 is 5.11 Å². The van der Waals surface area contributed by atoms with Crippen molar-refractivity contribution in [3.63, 3.8) is 0 Å². The fourth-order valence-corrected chi connectivity index (χ4v) is 1.99. The van der Waals surface area contributed by atoms with Crippen molar-refractivity contribution in [2.75, 3.05) is 0 Å². The molecule has 2 aromatic carbocycles. The maximum atomic E-state index is 13.9. The van der Waals surface area contributed by atoms with Crippen LogP contribution in [0.3, 0.4) is 0 Å². The molecule has 0 heterocycles. The van der Waals surface area contributed by atoms with Gasteiger partial charge in [-0.2, -0.15) is 0 Å². The van der Waals surface area contributed by atoms with E-state index in [4.69, 9.17) is 0 Å². The fourth-order valence-electron chi connectivity index (χ4n) is 1.99. The Labute approximate surface area is 124 Å². The number of phenols is 1. The molecule has 1 N–H and O–H groups in total. The van der Waals surface area contributed by atoms with Gasteiger partial charge in [-0.25, -0.2) is 17.6 Å². The van der Waals surface area contributed by atoms with Gasteiger partial charge in [0.05, 0.1) is 5.56 Å². The Balaban J connectivity index is 2.56. The molecule has 2 nitrogen and oxygen atoms in total. The summed E-state index contributed by atoms with van der Waals surface area (Å²) in [5.41, 5.74) is -1.55. The molecule has 0 aliphatic carbocycles. The molecule has 0 fully saturated rings. The van der Waals surface area contributed by atoms with Crippen LogP contribution >= 0.6 is 0 Å². The molecule has 0 bridgehead atoms. The number of nitrogens with zero attached hydrogens (tertiary/aromatic N) is 1. The lowest BCUT2D eigenvalue weighted by molar-refractivity contribution is 0.431. The number of aromatic hydroxyl groups is 1. The van der Waals surface area contributed by atoms with E-state index in [9.17, 15) is 22.7 Å². The summed E-state index contributed by atoms with van der Waals surface area (Å²) in [6, 6.07) is 5.79. The van der Waals surface area contributed by atoms with Crippen molar-refractivity contribution >= 4 is 11.9 Å². The Hall–Kier alpha value is -2.37. The molecule has 0 amide bonds. The van der Waals surface area contributed by atoms with Gasteiger partial charge in [0.25, 0.3) is 0 Å². The monoisotopic (exact) mass is 311 g/mol. The summed E-state index contributed by atoms with van der Waals surface area (Å²) in [5.74, 6) is -6.84. The summed E-state index contributed by atoms with van der Waals surface area (Å²) in [7, 11) is 0. The van der Waals surface area contributed by atoms with E-state index < -0.39 is 40.3 Å². The third-order valence-corrected chi connectivity index (χ3v) is 3.12. The number of aliphatic imine (C=N–C) groups is 1. The van der Waals surface area contributed by atoms with Crippen molar-refractivity contribution in [1.82, 2.24) is 0 Å². The molecule has 0 aliphatic heterocycles. The normalized spacial score (nSPS) is 11.6. The fraction of sp³-hybridized carbons (Fsp3) is 0.188. The van der Waals surface area contributed by atoms with Crippen LogP contribution in [0.1, 0.15) is 30.9 Å². The van der Waals surface area contributed by atoms with E-state index in [1.54, 1.807) is 6.07 Å². The Morgan fingerprint density at radius 3 is 2.00 bits per heavy atom. The second-order valence-electron chi connectivity index (χ2n) is 4.98. The van der Waals surface area contributed by atoms with Gasteiger partial charge in [-0.05, 0) is 18.1 Å². The molecule has 0 aliphatic rings. The van der Waals surface area contributed by atoms with E-state index in [0.29, 0.717) is 6.21 Å². The third kappa shape index (κ3) is 2.81. The van der Waals surface area contributed by atoms with Crippen LogP contribution in [0.5, 0.6) is 5.75 Å². The van der Waals surface area contributed by atoms with E-state index in [1.165, 1.54) is 32.0 Å². The van der Waals surface area contributed by atoms with Gasteiger partial charge in [0.15, 0.2) is 23.3 Å². The predicted octanol–water partition coefficient (Wildman–Crippen LogP) is 4.82. The highest BCUT2D eigenvalue weighted by molar-refractivity contribution is 5.83. The molecule has 0 radical (unpaired) electrons. The zero-order valence-electron chi connectivity index (χ0n) is 11.9. The van der Waals surface area contributed by atoms with Crippen LogP contribution in [0.15, 0.2) is 29.3 Å². The van der Waals surface area contributed by atoms with E-state index in [0.717, 1.165) is 0 Å². The van der Waals surface area contributed by atoms with Gasteiger partial charge in [-0.15, -0.1) is 0 Å². The Morgan fingerprint density at radius 1 is 0.955 bits per heavy atom. The van der Waals surface area contributed by atoms with Gasteiger partial charge >= 0.3 is 0 Å². The van der Waals surface area contributed by atoms with Crippen molar-refractivity contribution < 1.29 is 22.7 Å². The van der Waals surface area contributed by atoms with Gasteiger partial charge in [0.2, 0.25) is 0 Å². The SMILES string of the molecule is CC(C)c1c(F)c(F)c(/C=N/c2ccccc2O)c(F)c1F. The minimum Gasteiger partial charge on any atom is -0.506 e. The molecule has 6 heteroatoms.